The van der Waals surface area contributed by atoms with Crippen molar-refractivity contribution in [2.24, 2.45) is 0 Å². The van der Waals surface area contributed by atoms with Crippen molar-refractivity contribution in [2.45, 2.75) is 11.3 Å². The van der Waals surface area contributed by atoms with Gasteiger partial charge in [0.25, 0.3) is 5.44 Å². The summed E-state index contributed by atoms with van der Waals surface area (Å²) in [5, 5.41) is 4.00. The highest BCUT2D eigenvalue weighted by atomic mass is 127. The summed E-state index contributed by atoms with van der Waals surface area (Å²) in [4.78, 5) is 5.03. The van der Waals surface area contributed by atoms with E-state index in [4.69, 9.17) is 9.40 Å². The van der Waals surface area contributed by atoms with Crippen molar-refractivity contribution in [2.75, 3.05) is 6.26 Å². The number of alkyl halides is 3. The maximum Gasteiger partial charge on any atom is 0.416 e. The van der Waals surface area contributed by atoms with Crippen LogP contribution in [0.1, 0.15) is 5.56 Å². The molecule has 1 aromatic heterocycles. The molecule has 0 spiro atoms. The molecule has 1 heterocycles. The molecule has 0 radical (unpaired) electrons. The lowest BCUT2D eigenvalue weighted by atomic mass is 10.1. The fourth-order valence-electron chi connectivity index (χ4n) is 4.34. The van der Waals surface area contributed by atoms with Gasteiger partial charge in [0.1, 0.15) is 15.9 Å². The molecule has 0 saturated heterocycles. The van der Waals surface area contributed by atoms with Crippen molar-refractivity contribution < 1.29 is 41.6 Å². The zero-order valence-electron chi connectivity index (χ0n) is 19.7. The van der Waals surface area contributed by atoms with Crippen molar-refractivity contribution in [1.82, 2.24) is 4.98 Å². The average molecular weight is 647 g/mol. The number of halogens is 4. The minimum atomic E-state index is -4.40. The van der Waals surface area contributed by atoms with E-state index in [1.807, 2.05) is 60.9 Å². The van der Waals surface area contributed by atoms with E-state index in [0.717, 1.165) is 33.5 Å². The number of benzene rings is 4. The molecular weight excluding hydrogens is 625 g/mol. The molecule has 0 amide bonds. The van der Waals surface area contributed by atoms with Crippen LogP contribution >= 0.6 is 19.0 Å². The molecule has 0 aliphatic carbocycles. The van der Waals surface area contributed by atoms with Crippen LogP contribution in [-0.4, -0.2) is 11.2 Å². The molecule has 0 fully saturated rings. The summed E-state index contributed by atoms with van der Waals surface area (Å²) >= 11 is 1.45. The van der Waals surface area contributed by atoms with E-state index in [1.165, 1.54) is 23.9 Å². The Morgan fingerprint density at radius 3 is 1.49 bits per heavy atom. The fourth-order valence-corrected chi connectivity index (χ4v) is 9.46. The van der Waals surface area contributed by atoms with E-state index in [1.54, 1.807) is 0 Å². The summed E-state index contributed by atoms with van der Waals surface area (Å²) in [5.41, 5.74) is 0.591. The Morgan fingerprint density at radius 2 is 1.11 bits per heavy atom. The van der Waals surface area contributed by atoms with E-state index in [9.17, 15) is 13.2 Å². The second-order valence-electron chi connectivity index (χ2n) is 8.09. The van der Waals surface area contributed by atoms with Crippen LogP contribution in [0.25, 0.3) is 11.5 Å². The molecule has 5 rings (SSSR count). The largest absolute Gasteiger partial charge is 1.00 e. The molecule has 188 valence electrons. The molecule has 37 heavy (non-hydrogen) atoms. The Balaban J connectivity index is 0.00000320. The normalized spacial score (nSPS) is 11.7. The molecule has 0 saturated carbocycles. The van der Waals surface area contributed by atoms with Crippen LogP contribution in [-0.2, 0) is 6.18 Å². The number of thioether (sulfide) groups is 1. The number of rotatable bonds is 6. The third-order valence-electron chi connectivity index (χ3n) is 5.97. The molecule has 0 aliphatic heterocycles. The Kier molecular flexibility index (Phi) is 8.46. The summed E-state index contributed by atoms with van der Waals surface area (Å²) in [6, 6.07) is 35.7. The number of nitrogens with zero attached hydrogens (tertiary/aromatic N) is 1. The first-order valence-corrected chi connectivity index (χ1v) is 14.2. The first kappa shape index (κ1) is 27.4. The van der Waals surface area contributed by atoms with Crippen LogP contribution < -0.4 is 45.3 Å². The summed E-state index contributed by atoms with van der Waals surface area (Å²) in [5.74, 6) is 0.301. The molecule has 0 N–H and O–H groups in total. The van der Waals surface area contributed by atoms with Gasteiger partial charge in [-0.2, -0.15) is 18.2 Å². The Morgan fingerprint density at radius 1 is 0.676 bits per heavy atom. The summed E-state index contributed by atoms with van der Waals surface area (Å²) in [6.07, 6.45) is -2.48. The van der Waals surface area contributed by atoms with E-state index < -0.39 is 19.0 Å². The van der Waals surface area contributed by atoms with Crippen molar-refractivity contribution in [3.8, 4) is 11.5 Å². The molecule has 0 aliphatic rings. The lowest BCUT2D eigenvalue weighted by Gasteiger charge is -2.25. The van der Waals surface area contributed by atoms with Gasteiger partial charge >= 0.3 is 6.18 Å². The average Bonchev–Trinajstić information content (AvgIpc) is 3.35. The molecule has 5 aromatic rings. The zero-order chi connectivity index (χ0) is 25.2. The van der Waals surface area contributed by atoms with Crippen molar-refractivity contribution >= 4 is 40.4 Å². The van der Waals surface area contributed by atoms with E-state index >= 15 is 0 Å². The lowest BCUT2D eigenvalue weighted by Crippen LogP contribution is -3.00. The first-order chi connectivity index (χ1) is 17.4. The van der Waals surface area contributed by atoms with Gasteiger partial charge in [-0.25, -0.2) is 0 Å². The molecule has 0 atom stereocenters. The Labute approximate surface area is 235 Å². The van der Waals surface area contributed by atoms with Gasteiger partial charge in [0.15, 0.2) is 7.26 Å². The van der Waals surface area contributed by atoms with Crippen LogP contribution in [0.5, 0.6) is 0 Å². The number of aromatic nitrogens is 1. The lowest BCUT2D eigenvalue weighted by molar-refractivity contribution is -0.137. The molecule has 2 nitrogen and oxygen atoms in total. The standard InChI is InChI=1S/C29H22F3NOPS.HI/c1-36-28-27(33-26(34-28)21-17-19-22(20-18-21)29(30,31)32)35(23-11-5-2-6-12-23,24-13-7-3-8-14-24)25-15-9-4-10-16-25;/h2-20H,1H3;1H/q+1;/p-1. The molecule has 8 heteroatoms. The van der Waals surface area contributed by atoms with Gasteiger partial charge in [0.2, 0.25) is 11.0 Å². The van der Waals surface area contributed by atoms with Gasteiger partial charge in [0, 0.05) is 5.56 Å². The van der Waals surface area contributed by atoms with Crippen LogP contribution in [0.3, 0.4) is 0 Å². The smallest absolute Gasteiger partial charge is 0.416 e. The molecule has 4 aromatic carbocycles. The predicted molar refractivity (Wildman–Crippen MR) is 144 cm³/mol. The Hall–Kier alpha value is -2.61. The van der Waals surface area contributed by atoms with Gasteiger partial charge < -0.3 is 28.4 Å². The van der Waals surface area contributed by atoms with E-state index in [0.29, 0.717) is 16.5 Å². The van der Waals surface area contributed by atoms with Crippen LogP contribution in [0.4, 0.5) is 13.2 Å². The van der Waals surface area contributed by atoms with Crippen LogP contribution in [0.15, 0.2) is 125 Å². The fraction of sp³-hybridized carbons (Fsp3) is 0.0690. The highest BCUT2D eigenvalue weighted by molar-refractivity contribution is 8.04. The highest BCUT2D eigenvalue weighted by Crippen LogP contribution is 2.56. The van der Waals surface area contributed by atoms with Crippen LogP contribution in [0.2, 0.25) is 0 Å². The van der Waals surface area contributed by atoms with Gasteiger partial charge in [-0.15, -0.1) is 0 Å². The third kappa shape index (κ3) is 5.22. The number of oxazole rings is 1. The van der Waals surface area contributed by atoms with Crippen LogP contribution in [0, 0.1) is 0 Å². The maximum atomic E-state index is 13.1. The minimum Gasteiger partial charge on any atom is -1.00 e. The minimum absolute atomic E-state index is 0. The van der Waals surface area contributed by atoms with Gasteiger partial charge in [-0.05, 0) is 66.9 Å². The second-order valence-corrected chi connectivity index (χ2v) is 12.2. The highest BCUT2D eigenvalue weighted by Gasteiger charge is 2.52. The van der Waals surface area contributed by atoms with E-state index in [-0.39, 0.29) is 24.0 Å². The predicted octanol–water partition coefficient (Wildman–Crippen LogP) is 3.71. The maximum absolute atomic E-state index is 13.1. The number of hydrogen-bond donors (Lipinski definition) is 0. The topological polar surface area (TPSA) is 26.0 Å². The van der Waals surface area contributed by atoms with Gasteiger partial charge in [-0.3, -0.25) is 0 Å². The van der Waals surface area contributed by atoms with Crippen molar-refractivity contribution in [3.63, 3.8) is 0 Å². The number of hydrogen-bond acceptors (Lipinski definition) is 3. The van der Waals surface area contributed by atoms with Crippen molar-refractivity contribution in [3.05, 3.63) is 121 Å². The summed E-state index contributed by atoms with van der Waals surface area (Å²) < 4.78 is 45.6. The molecule has 0 bridgehead atoms. The quantitative estimate of drug-likeness (QED) is 0.160. The SMILES string of the molecule is CSc1oc(-c2ccc(C(F)(F)F)cc2)nc1[P+](c1ccccc1)(c1ccccc1)c1ccccc1.[I-]. The Bertz CT molecular complexity index is 1350. The zero-order valence-corrected chi connectivity index (χ0v) is 23.6. The van der Waals surface area contributed by atoms with E-state index in [2.05, 4.69) is 36.4 Å². The third-order valence-corrected chi connectivity index (χ3v) is 10.9. The monoisotopic (exact) mass is 647 g/mol. The summed E-state index contributed by atoms with van der Waals surface area (Å²) in [7, 11) is -2.50. The second kappa shape index (κ2) is 11.4. The van der Waals surface area contributed by atoms with Gasteiger partial charge in [0.05, 0.1) is 5.56 Å². The van der Waals surface area contributed by atoms with Crippen molar-refractivity contribution in [1.29, 1.82) is 0 Å². The first-order valence-electron chi connectivity index (χ1n) is 11.2. The van der Waals surface area contributed by atoms with Gasteiger partial charge in [-0.1, -0.05) is 66.4 Å². The summed E-state index contributed by atoms with van der Waals surface area (Å²) in [6.45, 7) is 0. The molecular formula is C29H22F3INOPS. The molecule has 0 unspecified atom stereocenters.